The van der Waals surface area contributed by atoms with E-state index < -0.39 is 30.1 Å². The number of hydrogen-bond acceptors (Lipinski definition) is 6. The van der Waals surface area contributed by atoms with Crippen molar-refractivity contribution in [1.29, 1.82) is 0 Å². The second-order valence-electron chi connectivity index (χ2n) is 11.7. The van der Waals surface area contributed by atoms with Crippen LogP contribution in [0.3, 0.4) is 0 Å². The van der Waals surface area contributed by atoms with E-state index in [9.17, 15) is 19.5 Å². The van der Waals surface area contributed by atoms with Crippen LogP contribution in [0.1, 0.15) is 49.4 Å². The van der Waals surface area contributed by atoms with Crippen molar-refractivity contribution in [1.82, 2.24) is 25.8 Å². The molecule has 4 N–H and O–H groups in total. The van der Waals surface area contributed by atoms with Crippen molar-refractivity contribution < 1.29 is 24.2 Å². The zero-order chi connectivity index (χ0) is 32.6. The van der Waals surface area contributed by atoms with Gasteiger partial charge in [0, 0.05) is 31.4 Å². The highest BCUT2D eigenvalue weighted by molar-refractivity contribution is 5.92. The topological polar surface area (TPSA) is 133 Å². The lowest BCUT2D eigenvalue weighted by Crippen LogP contribution is -2.58. The summed E-state index contributed by atoms with van der Waals surface area (Å²) < 4.78 is 5.37. The Labute approximate surface area is 271 Å². The number of urea groups is 1. The molecule has 2 aromatic carbocycles. The van der Waals surface area contributed by atoms with Gasteiger partial charge in [0.25, 0.3) is 0 Å². The maximum atomic E-state index is 13.8. The first-order valence-electron chi connectivity index (χ1n) is 16.3. The lowest BCUT2D eigenvalue weighted by molar-refractivity contribution is -0.131. The fraction of sp³-hybridized carbons (Fsp3) is 0.444. The van der Waals surface area contributed by atoms with Crippen LogP contribution in [0.4, 0.5) is 4.79 Å². The number of aliphatic hydroxyl groups excluding tert-OH is 1. The average molecular weight is 630 g/mol. The number of nitrogens with zero attached hydrogens (tertiary/aromatic N) is 2. The van der Waals surface area contributed by atoms with Gasteiger partial charge in [0.15, 0.2) is 0 Å². The van der Waals surface area contributed by atoms with Gasteiger partial charge in [-0.25, -0.2) is 4.79 Å². The van der Waals surface area contributed by atoms with E-state index in [0.717, 1.165) is 23.2 Å². The number of carbonyl (C=O) groups excluding carboxylic acids is 3. The van der Waals surface area contributed by atoms with Crippen molar-refractivity contribution in [2.75, 3.05) is 26.3 Å². The van der Waals surface area contributed by atoms with Crippen molar-refractivity contribution in [2.24, 2.45) is 0 Å². The second-order valence-corrected chi connectivity index (χ2v) is 11.7. The van der Waals surface area contributed by atoms with Crippen molar-refractivity contribution >= 4 is 17.8 Å². The van der Waals surface area contributed by atoms with Gasteiger partial charge < -0.3 is 30.7 Å². The minimum absolute atomic E-state index is 0.273. The maximum absolute atomic E-state index is 13.8. The number of morpholine rings is 1. The predicted molar refractivity (Wildman–Crippen MR) is 177 cm³/mol. The molecule has 10 heteroatoms. The summed E-state index contributed by atoms with van der Waals surface area (Å²) in [5, 5.41) is 20.2. The van der Waals surface area contributed by atoms with Gasteiger partial charge in [-0.15, -0.1) is 0 Å². The number of aliphatic hydroxyl groups is 1. The summed E-state index contributed by atoms with van der Waals surface area (Å²) in [5.74, 6) is -0.799. The third-order valence-corrected chi connectivity index (χ3v) is 8.15. The number of benzene rings is 2. The Kier molecular flexibility index (Phi) is 14.0. The molecule has 1 aliphatic heterocycles. The van der Waals surface area contributed by atoms with E-state index in [1.807, 2.05) is 85.8 Å². The molecule has 46 heavy (non-hydrogen) atoms. The molecule has 1 fully saturated rings. The first kappa shape index (κ1) is 34.6. The Bertz CT molecular complexity index is 1340. The third kappa shape index (κ3) is 11.3. The largest absolute Gasteiger partial charge is 0.391 e. The lowest BCUT2D eigenvalue weighted by Gasteiger charge is -2.30. The monoisotopic (exact) mass is 629 g/mol. The van der Waals surface area contributed by atoms with Gasteiger partial charge in [-0.1, -0.05) is 80.1 Å². The molecule has 1 aromatic heterocycles. The van der Waals surface area contributed by atoms with E-state index in [1.165, 1.54) is 0 Å². The predicted octanol–water partition coefficient (Wildman–Crippen LogP) is 3.43. The van der Waals surface area contributed by atoms with Gasteiger partial charge in [-0.3, -0.25) is 14.6 Å². The lowest BCUT2D eigenvalue weighted by atomic mass is 9.96. The summed E-state index contributed by atoms with van der Waals surface area (Å²) >= 11 is 0. The second kappa shape index (κ2) is 18.6. The summed E-state index contributed by atoms with van der Waals surface area (Å²) in [6.45, 7) is 3.72. The SMILES string of the molecule is CCC[C@H](NC(=O)[C@H](Cc1ccccc1)NC(=O)N1CCOCC1)C(=O)N[C@@H](Cc1ccccc1)[C@@H](O)CCCc1ccccn1. The van der Waals surface area contributed by atoms with E-state index >= 15 is 0 Å². The highest BCUT2D eigenvalue weighted by Crippen LogP contribution is 2.14. The van der Waals surface area contributed by atoms with E-state index in [0.29, 0.717) is 58.4 Å². The number of aryl methyl sites for hydroxylation is 1. The fourth-order valence-electron chi connectivity index (χ4n) is 5.57. The van der Waals surface area contributed by atoms with Crippen molar-refractivity contribution in [3.63, 3.8) is 0 Å². The molecule has 4 amide bonds. The third-order valence-electron chi connectivity index (χ3n) is 8.15. The molecule has 4 atom stereocenters. The van der Waals surface area contributed by atoms with Gasteiger partial charge in [-0.05, 0) is 55.4 Å². The molecular weight excluding hydrogens is 582 g/mol. The molecule has 2 heterocycles. The van der Waals surface area contributed by atoms with Crippen LogP contribution in [0.2, 0.25) is 0 Å². The van der Waals surface area contributed by atoms with Crippen molar-refractivity contribution in [3.8, 4) is 0 Å². The van der Waals surface area contributed by atoms with E-state index in [2.05, 4.69) is 20.9 Å². The molecule has 4 rings (SSSR count). The van der Waals surface area contributed by atoms with E-state index in [1.54, 1.807) is 11.1 Å². The summed E-state index contributed by atoms with van der Waals surface area (Å²) in [5.41, 5.74) is 2.83. The zero-order valence-electron chi connectivity index (χ0n) is 26.6. The number of hydrogen-bond donors (Lipinski definition) is 4. The van der Waals surface area contributed by atoms with Crippen LogP contribution in [0.25, 0.3) is 0 Å². The Morgan fingerprint density at radius 1 is 0.804 bits per heavy atom. The van der Waals surface area contributed by atoms with E-state index in [-0.39, 0.29) is 18.4 Å². The first-order valence-corrected chi connectivity index (χ1v) is 16.3. The molecule has 0 aliphatic carbocycles. The average Bonchev–Trinajstić information content (AvgIpc) is 3.09. The van der Waals surface area contributed by atoms with Gasteiger partial charge >= 0.3 is 6.03 Å². The number of pyridine rings is 1. The molecule has 246 valence electrons. The number of rotatable bonds is 16. The minimum atomic E-state index is -0.887. The molecule has 1 aliphatic rings. The van der Waals surface area contributed by atoms with Crippen molar-refractivity contribution in [2.45, 2.75) is 76.1 Å². The Morgan fingerprint density at radius 2 is 1.43 bits per heavy atom. The molecule has 10 nitrogen and oxygen atoms in total. The van der Waals surface area contributed by atoms with Crippen LogP contribution in [-0.4, -0.2) is 83.4 Å². The number of ether oxygens (including phenoxy) is 1. The number of nitrogens with one attached hydrogen (secondary N) is 3. The fourth-order valence-corrected chi connectivity index (χ4v) is 5.57. The standard InChI is InChI=1S/C36H47N5O5/c1-2-12-30(38-35(44)32(26-28-15-7-4-8-16-28)40-36(45)41-21-23-46-24-22-41)34(43)39-31(25-27-13-5-3-6-14-27)33(42)19-11-18-29-17-9-10-20-37-29/h3-10,13-17,20,30-33,42H,2,11-12,18-19,21-26H2,1H3,(H,38,44)(H,39,43)(H,40,45)/t30-,31-,32-,33-/m0/s1. The summed E-state index contributed by atoms with van der Waals surface area (Å²) in [6.07, 6.45) is 4.63. The Morgan fingerprint density at radius 3 is 2.07 bits per heavy atom. The van der Waals surface area contributed by atoms with Gasteiger partial charge in [-0.2, -0.15) is 0 Å². The number of amides is 4. The van der Waals surface area contributed by atoms with Crippen LogP contribution in [0.5, 0.6) is 0 Å². The highest BCUT2D eigenvalue weighted by atomic mass is 16.5. The summed E-state index contributed by atoms with van der Waals surface area (Å²) in [7, 11) is 0. The molecule has 0 bridgehead atoms. The molecule has 1 saturated heterocycles. The van der Waals surface area contributed by atoms with Crippen LogP contribution >= 0.6 is 0 Å². The first-order chi connectivity index (χ1) is 22.4. The summed E-state index contributed by atoms with van der Waals surface area (Å²) in [4.78, 5) is 46.6. The normalized spacial score (nSPS) is 15.7. The van der Waals surface area contributed by atoms with Gasteiger partial charge in [0.1, 0.15) is 12.1 Å². The van der Waals surface area contributed by atoms with Gasteiger partial charge in [0.05, 0.1) is 25.4 Å². The van der Waals surface area contributed by atoms with Crippen LogP contribution in [0, 0.1) is 0 Å². The minimum Gasteiger partial charge on any atom is -0.391 e. The van der Waals surface area contributed by atoms with Crippen LogP contribution in [0.15, 0.2) is 85.1 Å². The van der Waals surface area contributed by atoms with Crippen LogP contribution in [-0.2, 0) is 33.6 Å². The van der Waals surface area contributed by atoms with Crippen LogP contribution < -0.4 is 16.0 Å². The smallest absolute Gasteiger partial charge is 0.318 e. The number of aromatic nitrogens is 1. The molecule has 0 spiro atoms. The molecule has 0 unspecified atom stereocenters. The summed E-state index contributed by atoms with van der Waals surface area (Å²) in [6, 6.07) is 22.3. The highest BCUT2D eigenvalue weighted by Gasteiger charge is 2.30. The van der Waals surface area contributed by atoms with Crippen molar-refractivity contribution in [3.05, 3.63) is 102 Å². The molecule has 0 radical (unpaired) electrons. The van der Waals surface area contributed by atoms with Gasteiger partial charge in [0.2, 0.25) is 11.8 Å². The molecular formula is C36H47N5O5. The van der Waals surface area contributed by atoms with E-state index in [4.69, 9.17) is 4.74 Å². The Balaban J connectivity index is 1.44. The molecule has 0 saturated carbocycles. The Hall–Kier alpha value is -4.28. The molecule has 3 aromatic rings. The zero-order valence-corrected chi connectivity index (χ0v) is 26.6. The number of carbonyl (C=O) groups is 3. The maximum Gasteiger partial charge on any atom is 0.318 e. The quantitative estimate of drug-likeness (QED) is 0.192.